The highest BCUT2D eigenvalue weighted by Gasteiger charge is 2.29. The number of nitrogens with zero attached hydrogens (tertiary/aromatic N) is 3. The van der Waals surface area contributed by atoms with E-state index >= 15 is 0 Å². The summed E-state index contributed by atoms with van der Waals surface area (Å²) in [5.41, 5.74) is 1.16. The number of amides is 2. The summed E-state index contributed by atoms with van der Waals surface area (Å²) in [7, 11) is -0.992. The molecule has 2 aromatic carbocycles. The molecule has 0 bridgehead atoms. The molecule has 0 unspecified atom stereocenters. The van der Waals surface area contributed by atoms with Gasteiger partial charge in [0.05, 0.1) is 27.9 Å². The van der Waals surface area contributed by atoms with Gasteiger partial charge in [0.2, 0.25) is 10.0 Å². The maximum Gasteiger partial charge on any atom is 0.294 e. The molecule has 0 spiro atoms. The summed E-state index contributed by atoms with van der Waals surface area (Å²) < 4.78 is 38.8. The fourth-order valence-electron chi connectivity index (χ4n) is 4.62. The standard InChI is InChI=1S/C26H27ClFN3O5S/c1-29(2)26(34)24(32)21-15-31(37(3,35)36)23-14-22(27)20(13-19(21)23)25(33)30-10-8-17(9-11-30)12-16-4-6-18(28)7-5-16/h4-7,13-15,17H,8-12H2,1-3H3. The van der Waals surface area contributed by atoms with Crippen molar-refractivity contribution < 1.29 is 27.2 Å². The number of halogens is 2. The van der Waals surface area contributed by atoms with Gasteiger partial charge in [0.25, 0.3) is 17.6 Å². The lowest BCUT2D eigenvalue weighted by Crippen LogP contribution is -2.39. The molecule has 37 heavy (non-hydrogen) atoms. The Morgan fingerprint density at radius 2 is 1.68 bits per heavy atom. The first-order chi connectivity index (χ1) is 17.4. The number of ketones is 1. The first-order valence-electron chi connectivity index (χ1n) is 11.7. The molecule has 11 heteroatoms. The van der Waals surface area contributed by atoms with Crippen molar-refractivity contribution in [2.24, 2.45) is 5.92 Å². The molecule has 0 atom stereocenters. The zero-order valence-corrected chi connectivity index (χ0v) is 22.3. The monoisotopic (exact) mass is 547 g/mol. The summed E-state index contributed by atoms with van der Waals surface area (Å²) >= 11 is 6.44. The highest BCUT2D eigenvalue weighted by Crippen LogP contribution is 2.32. The molecule has 2 heterocycles. The summed E-state index contributed by atoms with van der Waals surface area (Å²) in [6, 6.07) is 9.14. The van der Waals surface area contributed by atoms with Crippen LogP contribution in [0.5, 0.6) is 0 Å². The molecule has 0 aliphatic carbocycles. The Bertz CT molecular complexity index is 1490. The molecule has 8 nitrogen and oxygen atoms in total. The van der Waals surface area contributed by atoms with Crippen LogP contribution in [-0.4, -0.2) is 73.2 Å². The van der Waals surface area contributed by atoms with Gasteiger partial charge in [-0.15, -0.1) is 0 Å². The van der Waals surface area contributed by atoms with E-state index in [4.69, 9.17) is 11.6 Å². The van der Waals surface area contributed by atoms with E-state index in [-0.39, 0.29) is 38.8 Å². The van der Waals surface area contributed by atoms with Crippen LogP contribution in [0.3, 0.4) is 0 Å². The summed E-state index contributed by atoms with van der Waals surface area (Å²) in [4.78, 5) is 41.4. The fourth-order valence-corrected chi connectivity index (χ4v) is 5.66. The molecule has 0 radical (unpaired) electrons. The van der Waals surface area contributed by atoms with Crippen LogP contribution in [0.25, 0.3) is 10.9 Å². The van der Waals surface area contributed by atoms with E-state index in [0.717, 1.165) is 46.2 Å². The maximum atomic E-state index is 13.4. The number of carbonyl (C=O) groups excluding carboxylic acids is 3. The van der Waals surface area contributed by atoms with Gasteiger partial charge in [-0.2, -0.15) is 0 Å². The van der Waals surface area contributed by atoms with Crippen molar-refractivity contribution in [2.75, 3.05) is 33.4 Å². The maximum absolute atomic E-state index is 13.4. The van der Waals surface area contributed by atoms with Crippen LogP contribution in [0, 0.1) is 11.7 Å². The minimum atomic E-state index is -3.83. The minimum absolute atomic E-state index is 0.0480. The summed E-state index contributed by atoms with van der Waals surface area (Å²) in [5, 5.41) is 0.205. The average Bonchev–Trinajstić information content (AvgIpc) is 3.22. The van der Waals surface area contributed by atoms with Crippen LogP contribution in [-0.2, 0) is 21.2 Å². The van der Waals surface area contributed by atoms with Crippen LogP contribution < -0.4 is 0 Å². The summed E-state index contributed by atoms with van der Waals surface area (Å²) in [5.74, 6) is -1.98. The number of hydrogen-bond acceptors (Lipinski definition) is 5. The molecule has 2 amide bonds. The Morgan fingerprint density at radius 3 is 2.24 bits per heavy atom. The van der Waals surface area contributed by atoms with Crippen LogP contribution in [0.4, 0.5) is 4.39 Å². The molecule has 0 N–H and O–H groups in total. The number of piperidine rings is 1. The molecular formula is C26H27ClFN3O5S. The number of benzene rings is 2. The van der Waals surface area contributed by atoms with Crippen molar-refractivity contribution in [3.63, 3.8) is 0 Å². The highest BCUT2D eigenvalue weighted by atomic mass is 35.5. The van der Waals surface area contributed by atoms with Crippen LogP contribution >= 0.6 is 11.6 Å². The van der Waals surface area contributed by atoms with Gasteiger partial charge in [0, 0.05) is 38.8 Å². The number of likely N-dealkylation sites (N-methyl/N-ethyl adjacent to an activating group) is 1. The predicted molar refractivity (Wildman–Crippen MR) is 139 cm³/mol. The smallest absolute Gasteiger partial charge is 0.294 e. The second-order valence-electron chi connectivity index (χ2n) is 9.55. The van der Waals surface area contributed by atoms with Crippen molar-refractivity contribution in [3.8, 4) is 0 Å². The van der Waals surface area contributed by atoms with Gasteiger partial charge in [-0.1, -0.05) is 23.7 Å². The molecular weight excluding hydrogens is 521 g/mol. The van der Waals surface area contributed by atoms with E-state index in [0.29, 0.717) is 19.0 Å². The van der Waals surface area contributed by atoms with Crippen molar-refractivity contribution in [1.82, 2.24) is 13.8 Å². The van der Waals surface area contributed by atoms with Crippen LogP contribution in [0.15, 0.2) is 42.6 Å². The molecule has 196 valence electrons. The fraction of sp³-hybridized carbons (Fsp3) is 0.346. The van der Waals surface area contributed by atoms with E-state index in [1.807, 2.05) is 0 Å². The normalized spacial score (nSPS) is 14.7. The van der Waals surface area contributed by atoms with E-state index < -0.39 is 21.7 Å². The highest BCUT2D eigenvalue weighted by molar-refractivity contribution is 7.89. The summed E-state index contributed by atoms with van der Waals surface area (Å²) in [6.45, 7) is 0.989. The number of Topliss-reactive ketones (excluding diaryl/α,β-unsaturated/α-hetero) is 1. The minimum Gasteiger partial charge on any atom is -0.342 e. The zero-order valence-electron chi connectivity index (χ0n) is 20.7. The van der Waals surface area contributed by atoms with Crippen molar-refractivity contribution in [3.05, 3.63) is 70.1 Å². The van der Waals surface area contributed by atoms with E-state index in [9.17, 15) is 27.2 Å². The van der Waals surface area contributed by atoms with Gasteiger partial charge in [-0.05, 0) is 55.0 Å². The van der Waals surface area contributed by atoms with Gasteiger partial charge < -0.3 is 9.80 Å². The number of fused-ring (bicyclic) bond motifs is 1. The Balaban J connectivity index is 1.61. The number of rotatable bonds is 6. The van der Waals surface area contributed by atoms with Crippen LogP contribution in [0.2, 0.25) is 5.02 Å². The zero-order chi connectivity index (χ0) is 27.1. The first-order valence-corrected chi connectivity index (χ1v) is 13.9. The van der Waals surface area contributed by atoms with Crippen molar-refractivity contribution in [1.29, 1.82) is 0 Å². The third kappa shape index (κ3) is 5.55. The van der Waals surface area contributed by atoms with E-state index in [2.05, 4.69) is 0 Å². The Hall–Kier alpha value is -3.24. The van der Waals surface area contributed by atoms with Gasteiger partial charge in [-0.3, -0.25) is 14.4 Å². The quantitative estimate of drug-likeness (QED) is 0.347. The molecule has 1 fully saturated rings. The Morgan fingerprint density at radius 1 is 1.05 bits per heavy atom. The Kier molecular flexibility index (Phi) is 7.43. The number of aromatic nitrogens is 1. The summed E-state index contributed by atoms with van der Waals surface area (Å²) in [6.07, 6.45) is 4.37. The number of hydrogen-bond donors (Lipinski definition) is 0. The van der Waals surface area contributed by atoms with E-state index in [1.54, 1.807) is 17.0 Å². The number of likely N-dealkylation sites (tertiary alicyclic amines) is 1. The van der Waals surface area contributed by atoms with Gasteiger partial charge >= 0.3 is 0 Å². The van der Waals surface area contributed by atoms with Crippen molar-refractivity contribution >= 4 is 50.1 Å². The molecule has 1 saturated heterocycles. The number of carbonyl (C=O) groups is 3. The lowest BCUT2D eigenvalue weighted by Gasteiger charge is -2.32. The second kappa shape index (κ2) is 10.3. The third-order valence-electron chi connectivity index (χ3n) is 6.63. The lowest BCUT2D eigenvalue weighted by atomic mass is 9.90. The molecule has 1 aromatic heterocycles. The molecule has 3 aromatic rings. The second-order valence-corrected chi connectivity index (χ2v) is 11.8. The average molecular weight is 548 g/mol. The van der Waals surface area contributed by atoms with E-state index in [1.165, 1.54) is 38.4 Å². The topological polar surface area (TPSA) is 96.8 Å². The molecule has 4 rings (SSSR count). The SMILES string of the molecule is CN(C)C(=O)C(=O)c1cn(S(C)(=O)=O)c2cc(Cl)c(C(=O)N3CCC(Cc4ccc(F)cc4)CC3)cc12. The largest absolute Gasteiger partial charge is 0.342 e. The lowest BCUT2D eigenvalue weighted by molar-refractivity contribution is -0.124. The Labute approximate surface area is 219 Å². The molecule has 1 aliphatic rings. The van der Waals surface area contributed by atoms with Crippen molar-refractivity contribution in [2.45, 2.75) is 19.3 Å². The van der Waals surface area contributed by atoms with Gasteiger partial charge in [0.15, 0.2) is 0 Å². The third-order valence-corrected chi connectivity index (χ3v) is 7.96. The van der Waals surface area contributed by atoms with Gasteiger partial charge in [-0.25, -0.2) is 16.8 Å². The predicted octanol–water partition coefficient (Wildman–Crippen LogP) is 3.61. The first kappa shape index (κ1) is 26.8. The molecule has 1 aliphatic heterocycles. The molecule has 0 saturated carbocycles. The van der Waals surface area contributed by atoms with Crippen LogP contribution in [0.1, 0.15) is 39.1 Å². The van der Waals surface area contributed by atoms with Gasteiger partial charge in [0.1, 0.15) is 5.82 Å².